The molecule has 0 aliphatic rings. The molecule has 94 valence electrons. The first-order chi connectivity index (χ1) is 7.17. The minimum absolute atomic E-state index is 0.00611. The van der Waals surface area contributed by atoms with Gasteiger partial charge < -0.3 is 16.2 Å². The molecule has 0 rings (SSSR count). The van der Waals surface area contributed by atoms with E-state index in [1.807, 2.05) is 20.8 Å². The zero-order chi connectivity index (χ0) is 12.9. The van der Waals surface area contributed by atoms with Gasteiger partial charge in [0.1, 0.15) is 6.04 Å². The van der Waals surface area contributed by atoms with E-state index in [4.69, 9.17) is 10.8 Å². The lowest BCUT2D eigenvalue weighted by molar-refractivity contribution is -0.142. The van der Waals surface area contributed by atoms with E-state index >= 15 is 0 Å². The Balaban J connectivity index is 4.38. The molecule has 0 saturated carbocycles. The molecule has 0 spiro atoms. The fraction of sp³-hybridized carbons (Fsp3) is 0.818. The Morgan fingerprint density at radius 2 is 1.88 bits per heavy atom. The average molecular weight is 230 g/mol. The zero-order valence-corrected chi connectivity index (χ0v) is 10.4. The lowest BCUT2D eigenvalue weighted by Gasteiger charge is -2.25. The number of carbonyl (C=O) groups is 2. The summed E-state index contributed by atoms with van der Waals surface area (Å²) in [5.74, 6) is -1.66. The van der Waals surface area contributed by atoms with E-state index in [1.54, 1.807) is 0 Å². The molecule has 0 saturated heterocycles. The molecular weight excluding hydrogens is 208 g/mol. The Morgan fingerprint density at radius 3 is 2.19 bits per heavy atom. The van der Waals surface area contributed by atoms with Gasteiger partial charge in [0, 0.05) is 6.54 Å². The van der Waals surface area contributed by atoms with Gasteiger partial charge in [0.05, 0.1) is 5.92 Å². The molecule has 0 aromatic carbocycles. The standard InChI is InChI=1S/C11H22N2O3/c1-7(10(15)16)13-9(14)8(6-12)5-11(2,3)4/h7-8H,5-6,12H2,1-4H3,(H,13,14)(H,15,16)/t7-,8?/m1/s1. The molecule has 5 nitrogen and oxygen atoms in total. The zero-order valence-electron chi connectivity index (χ0n) is 10.4. The molecule has 0 aliphatic carbocycles. The molecule has 1 amide bonds. The summed E-state index contributed by atoms with van der Waals surface area (Å²) in [5, 5.41) is 11.1. The van der Waals surface area contributed by atoms with E-state index in [0.29, 0.717) is 6.42 Å². The van der Waals surface area contributed by atoms with E-state index in [-0.39, 0.29) is 23.8 Å². The molecule has 4 N–H and O–H groups in total. The number of nitrogens with two attached hydrogens (primary N) is 1. The molecule has 2 atom stereocenters. The Bertz CT molecular complexity index is 258. The first kappa shape index (κ1) is 14.9. The van der Waals surface area contributed by atoms with Crippen LogP contribution in [-0.4, -0.2) is 29.6 Å². The van der Waals surface area contributed by atoms with Crippen molar-refractivity contribution < 1.29 is 14.7 Å². The lowest BCUT2D eigenvalue weighted by atomic mass is 9.84. The van der Waals surface area contributed by atoms with Gasteiger partial charge in [-0.05, 0) is 18.8 Å². The number of carbonyl (C=O) groups excluding carboxylic acids is 1. The number of rotatable bonds is 5. The van der Waals surface area contributed by atoms with Crippen LogP contribution in [0.1, 0.15) is 34.1 Å². The van der Waals surface area contributed by atoms with E-state index in [2.05, 4.69) is 5.32 Å². The van der Waals surface area contributed by atoms with Crippen LogP contribution in [0.5, 0.6) is 0 Å². The van der Waals surface area contributed by atoms with Crippen LogP contribution in [0.4, 0.5) is 0 Å². The fourth-order valence-corrected chi connectivity index (χ4v) is 1.42. The van der Waals surface area contributed by atoms with Crippen molar-refractivity contribution in [3.8, 4) is 0 Å². The van der Waals surface area contributed by atoms with E-state index < -0.39 is 12.0 Å². The van der Waals surface area contributed by atoms with Crippen LogP contribution in [0.3, 0.4) is 0 Å². The molecular formula is C11H22N2O3. The summed E-state index contributed by atoms with van der Waals surface area (Å²) in [7, 11) is 0. The van der Waals surface area contributed by atoms with Crippen LogP contribution >= 0.6 is 0 Å². The second-order valence-electron chi connectivity index (χ2n) is 5.27. The van der Waals surface area contributed by atoms with Crippen LogP contribution in [0.2, 0.25) is 0 Å². The highest BCUT2D eigenvalue weighted by Gasteiger charge is 2.25. The second-order valence-corrected chi connectivity index (χ2v) is 5.27. The summed E-state index contributed by atoms with van der Waals surface area (Å²) in [6.07, 6.45) is 0.641. The van der Waals surface area contributed by atoms with Gasteiger partial charge in [-0.1, -0.05) is 20.8 Å². The third-order valence-corrected chi connectivity index (χ3v) is 2.24. The van der Waals surface area contributed by atoms with Gasteiger partial charge in [0.25, 0.3) is 0 Å². The summed E-state index contributed by atoms with van der Waals surface area (Å²) in [6.45, 7) is 7.72. The first-order valence-electron chi connectivity index (χ1n) is 5.40. The average Bonchev–Trinajstić information content (AvgIpc) is 2.12. The van der Waals surface area contributed by atoms with Crippen LogP contribution in [-0.2, 0) is 9.59 Å². The highest BCUT2D eigenvalue weighted by Crippen LogP contribution is 2.24. The van der Waals surface area contributed by atoms with Crippen molar-refractivity contribution in [1.29, 1.82) is 0 Å². The highest BCUT2D eigenvalue weighted by atomic mass is 16.4. The van der Waals surface area contributed by atoms with Crippen LogP contribution in [0.25, 0.3) is 0 Å². The van der Waals surface area contributed by atoms with Crippen molar-refractivity contribution >= 4 is 11.9 Å². The van der Waals surface area contributed by atoms with Crippen molar-refractivity contribution in [3.05, 3.63) is 0 Å². The van der Waals surface area contributed by atoms with Crippen molar-refractivity contribution in [2.45, 2.75) is 40.2 Å². The largest absolute Gasteiger partial charge is 0.480 e. The van der Waals surface area contributed by atoms with Crippen molar-refractivity contribution in [2.75, 3.05) is 6.54 Å². The van der Waals surface area contributed by atoms with E-state index in [0.717, 1.165) is 0 Å². The SMILES string of the molecule is C[C@@H](NC(=O)C(CN)CC(C)(C)C)C(=O)O. The van der Waals surface area contributed by atoms with Crippen LogP contribution < -0.4 is 11.1 Å². The highest BCUT2D eigenvalue weighted by molar-refractivity contribution is 5.84. The number of aliphatic carboxylic acids is 1. The van der Waals surface area contributed by atoms with Gasteiger partial charge in [-0.25, -0.2) is 0 Å². The Labute approximate surface area is 96.4 Å². The summed E-state index contributed by atoms with van der Waals surface area (Å²) in [4.78, 5) is 22.3. The summed E-state index contributed by atoms with van der Waals surface area (Å²) < 4.78 is 0. The van der Waals surface area contributed by atoms with Crippen molar-refractivity contribution in [2.24, 2.45) is 17.1 Å². The second kappa shape index (κ2) is 5.84. The third kappa shape index (κ3) is 5.70. The Morgan fingerprint density at radius 1 is 1.38 bits per heavy atom. The molecule has 5 heteroatoms. The number of hydrogen-bond donors (Lipinski definition) is 3. The molecule has 0 aliphatic heterocycles. The van der Waals surface area contributed by atoms with Crippen LogP contribution in [0, 0.1) is 11.3 Å². The lowest BCUT2D eigenvalue weighted by Crippen LogP contribution is -2.44. The normalized spacial score (nSPS) is 15.3. The minimum Gasteiger partial charge on any atom is -0.480 e. The fourth-order valence-electron chi connectivity index (χ4n) is 1.42. The number of carboxylic acids is 1. The van der Waals surface area contributed by atoms with E-state index in [9.17, 15) is 9.59 Å². The number of nitrogens with one attached hydrogen (secondary N) is 1. The molecule has 0 fully saturated rings. The van der Waals surface area contributed by atoms with Gasteiger partial charge in [0.2, 0.25) is 5.91 Å². The maximum absolute atomic E-state index is 11.7. The monoisotopic (exact) mass is 230 g/mol. The maximum atomic E-state index is 11.7. The predicted molar refractivity (Wildman–Crippen MR) is 61.9 cm³/mol. The first-order valence-corrected chi connectivity index (χ1v) is 5.40. The molecule has 0 aromatic rings. The van der Waals surface area contributed by atoms with Crippen molar-refractivity contribution in [1.82, 2.24) is 5.32 Å². The molecule has 0 heterocycles. The number of hydrogen-bond acceptors (Lipinski definition) is 3. The third-order valence-electron chi connectivity index (χ3n) is 2.24. The summed E-state index contributed by atoms with van der Waals surface area (Å²) in [5.41, 5.74) is 5.52. The minimum atomic E-state index is -1.04. The summed E-state index contributed by atoms with van der Waals surface area (Å²) >= 11 is 0. The molecule has 0 aromatic heterocycles. The van der Waals surface area contributed by atoms with Gasteiger partial charge in [-0.15, -0.1) is 0 Å². The summed E-state index contributed by atoms with van der Waals surface area (Å²) in [6, 6.07) is -0.874. The van der Waals surface area contributed by atoms with Gasteiger partial charge in [0.15, 0.2) is 0 Å². The maximum Gasteiger partial charge on any atom is 0.325 e. The topological polar surface area (TPSA) is 92.4 Å². The number of carboxylic acid groups (broad SMARTS) is 1. The molecule has 0 bridgehead atoms. The van der Waals surface area contributed by atoms with Gasteiger partial charge >= 0.3 is 5.97 Å². The Kier molecular flexibility index (Phi) is 5.44. The van der Waals surface area contributed by atoms with Crippen molar-refractivity contribution in [3.63, 3.8) is 0 Å². The molecule has 0 radical (unpaired) electrons. The Hall–Kier alpha value is -1.10. The quantitative estimate of drug-likeness (QED) is 0.644. The van der Waals surface area contributed by atoms with E-state index in [1.165, 1.54) is 6.92 Å². The van der Waals surface area contributed by atoms with Gasteiger partial charge in [-0.3, -0.25) is 9.59 Å². The smallest absolute Gasteiger partial charge is 0.325 e. The molecule has 1 unspecified atom stereocenters. The molecule has 16 heavy (non-hydrogen) atoms. The van der Waals surface area contributed by atoms with Gasteiger partial charge in [-0.2, -0.15) is 0 Å². The predicted octanol–water partition coefficient (Wildman–Crippen LogP) is 0.587. The van der Waals surface area contributed by atoms with Crippen LogP contribution in [0.15, 0.2) is 0 Å². The number of amides is 1.